The zero-order valence-corrected chi connectivity index (χ0v) is 9.90. The van der Waals surface area contributed by atoms with Crippen molar-refractivity contribution in [2.75, 3.05) is 0 Å². The molecule has 2 heterocycles. The third kappa shape index (κ3) is 2.40. The highest BCUT2D eigenvalue weighted by atomic mass is 32.2. The zero-order chi connectivity index (χ0) is 11.5. The summed E-state index contributed by atoms with van der Waals surface area (Å²) in [6, 6.07) is 1.98. The first kappa shape index (κ1) is 11.1. The highest BCUT2D eigenvalue weighted by molar-refractivity contribution is 7.99. The first-order valence-corrected chi connectivity index (χ1v) is 5.61. The molecule has 2 aromatic heterocycles. The smallest absolute Gasteiger partial charge is 0.193 e. The van der Waals surface area contributed by atoms with Crippen LogP contribution in [0.1, 0.15) is 11.3 Å². The molecular weight excluding hydrogens is 224 g/mol. The Morgan fingerprint density at radius 2 is 2.06 bits per heavy atom. The van der Waals surface area contributed by atoms with Crippen molar-refractivity contribution < 1.29 is 5.11 Å². The van der Waals surface area contributed by atoms with Crippen LogP contribution in [0.2, 0.25) is 0 Å². The summed E-state index contributed by atoms with van der Waals surface area (Å²) in [5.74, 6) is 0. The highest BCUT2D eigenvalue weighted by Gasteiger charge is 2.06. The largest absolute Gasteiger partial charge is 0.392 e. The van der Waals surface area contributed by atoms with Crippen molar-refractivity contribution >= 4 is 11.8 Å². The summed E-state index contributed by atoms with van der Waals surface area (Å²) in [5.41, 5.74) is 1.68. The Labute approximate surface area is 97.5 Å². The molecule has 16 heavy (non-hydrogen) atoms. The minimum atomic E-state index is -0.0320. The number of aliphatic hydroxyl groups excluding tert-OH is 1. The Kier molecular flexibility index (Phi) is 3.21. The van der Waals surface area contributed by atoms with Crippen molar-refractivity contribution in [1.29, 1.82) is 0 Å². The second-order valence-corrected chi connectivity index (χ2v) is 4.37. The molecule has 2 rings (SSSR count). The molecule has 0 amide bonds. The summed E-state index contributed by atoms with van der Waals surface area (Å²) < 4.78 is 1.79. The van der Waals surface area contributed by atoms with E-state index in [0.29, 0.717) is 10.7 Å². The Hall–Kier alpha value is -1.40. The van der Waals surface area contributed by atoms with Crippen LogP contribution in [0.15, 0.2) is 28.6 Å². The van der Waals surface area contributed by atoms with Gasteiger partial charge in [-0.25, -0.2) is 9.97 Å². The van der Waals surface area contributed by atoms with E-state index < -0.39 is 0 Å². The molecule has 6 heteroatoms. The third-order valence-corrected chi connectivity index (χ3v) is 3.00. The average Bonchev–Trinajstić information content (AvgIpc) is 2.59. The summed E-state index contributed by atoms with van der Waals surface area (Å²) in [7, 11) is 1.89. The zero-order valence-electron chi connectivity index (χ0n) is 9.08. The topological polar surface area (TPSA) is 63.8 Å². The maximum absolute atomic E-state index is 8.86. The first-order valence-electron chi connectivity index (χ1n) is 4.79. The molecule has 84 valence electrons. The van der Waals surface area contributed by atoms with E-state index in [1.54, 1.807) is 17.1 Å². The second-order valence-electron chi connectivity index (χ2n) is 3.38. The second kappa shape index (κ2) is 4.63. The van der Waals surface area contributed by atoms with E-state index in [9.17, 15) is 0 Å². The Bertz CT molecular complexity index is 480. The van der Waals surface area contributed by atoms with Crippen molar-refractivity contribution in [3.05, 3.63) is 29.7 Å². The van der Waals surface area contributed by atoms with Crippen molar-refractivity contribution in [3.8, 4) is 0 Å². The number of hydrogen-bond donors (Lipinski definition) is 1. The lowest BCUT2D eigenvalue weighted by Gasteiger charge is -2.00. The third-order valence-electron chi connectivity index (χ3n) is 2.02. The molecule has 0 aliphatic carbocycles. The van der Waals surface area contributed by atoms with E-state index in [4.69, 9.17) is 5.11 Å². The van der Waals surface area contributed by atoms with Gasteiger partial charge in [0.15, 0.2) is 5.16 Å². The van der Waals surface area contributed by atoms with Gasteiger partial charge in [0.05, 0.1) is 12.3 Å². The molecule has 0 bridgehead atoms. The minimum Gasteiger partial charge on any atom is -0.392 e. The van der Waals surface area contributed by atoms with Gasteiger partial charge >= 0.3 is 0 Å². The van der Waals surface area contributed by atoms with Gasteiger partial charge in [-0.15, -0.1) is 0 Å². The van der Waals surface area contributed by atoms with Crippen LogP contribution in [0.3, 0.4) is 0 Å². The molecule has 0 saturated carbocycles. The van der Waals surface area contributed by atoms with Crippen LogP contribution in [0.25, 0.3) is 0 Å². The van der Waals surface area contributed by atoms with Crippen LogP contribution >= 0.6 is 11.8 Å². The van der Waals surface area contributed by atoms with Gasteiger partial charge in [-0.05, 0) is 24.8 Å². The van der Waals surface area contributed by atoms with E-state index in [2.05, 4.69) is 15.1 Å². The lowest BCUT2D eigenvalue weighted by molar-refractivity contribution is 0.280. The van der Waals surface area contributed by atoms with Crippen LogP contribution in [0.5, 0.6) is 0 Å². The van der Waals surface area contributed by atoms with Crippen LogP contribution in [-0.2, 0) is 13.7 Å². The Balaban J connectivity index is 2.17. The number of hydrogen-bond acceptors (Lipinski definition) is 5. The lowest BCUT2D eigenvalue weighted by Crippen LogP contribution is -1.94. The fourth-order valence-corrected chi connectivity index (χ4v) is 2.05. The van der Waals surface area contributed by atoms with Gasteiger partial charge in [0.1, 0.15) is 5.03 Å². The summed E-state index contributed by atoms with van der Waals surface area (Å²) in [5, 5.41) is 14.8. The van der Waals surface area contributed by atoms with Gasteiger partial charge in [0, 0.05) is 25.0 Å². The molecule has 0 aliphatic heterocycles. The van der Waals surface area contributed by atoms with E-state index >= 15 is 0 Å². The molecule has 0 spiro atoms. The van der Waals surface area contributed by atoms with Crippen molar-refractivity contribution in [1.82, 2.24) is 19.7 Å². The molecule has 0 unspecified atom stereocenters. The monoisotopic (exact) mass is 236 g/mol. The number of rotatable bonds is 3. The normalized spacial score (nSPS) is 10.7. The molecule has 2 aromatic rings. The van der Waals surface area contributed by atoms with Gasteiger partial charge in [-0.3, -0.25) is 4.68 Å². The summed E-state index contributed by atoms with van der Waals surface area (Å²) >= 11 is 1.45. The average molecular weight is 236 g/mol. The summed E-state index contributed by atoms with van der Waals surface area (Å²) in [6.45, 7) is 1.91. The molecule has 0 atom stereocenters. The quantitative estimate of drug-likeness (QED) is 0.810. The molecule has 0 radical (unpaired) electrons. The van der Waals surface area contributed by atoms with E-state index in [0.717, 1.165) is 10.7 Å². The molecule has 0 aliphatic rings. The fourth-order valence-electron chi connectivity index (χ4n) is 1.25. The van der Waals surface area contributed by atoms with E-state index in [1.165, 1.54) is 11.8 Å². The highest BCUT2D eigenvalue weighted by Crippen LogP contribution is 2.24. The van der Waals surface area contributed by atoms with E-state index in [1.807, 2.05) is 20.0 Å². The van der Waals surface area contributed by atoms with Crippen LogP contribution in [0, 0.1) is 6.92 Å². The molecule has 0 fully saturated rings. The Morgan fingerprint density at radius 3 is 2.56 bits per heavy atom. The summed E-state index contributed by atoms with van der Waals surface area (Å²) in [6.07, 6.45) is 3.25. The minimum absolute atomic E-state index is 0.0320. The molecular formula is C10H12N4OS. The van der Waals surface area contributed by atoms with Gasteiger partial charge in [-0.2, -0.15) is 5.10 Å². The standard InChI is InChI=1S/C10H12N4OS/c1-7-3-9(14(2)13-7)16-10-11-4-8(6-15)5-12-10/h3-5,15H,6H2,1-2H3. The van der Waals surface area contributed by atoms with Gasteiger partial charge in [0.2, 0.25) is 0 Å². The molecule has 0 aromatic carbocycles. The van der Waals surface area contributed by atoms with Crippen LogP contribution in [-0.4, -0.2) is 24.9 Å². The maximum atomic E-state index is 8.86. The molecule has 5 nitrogen and oxygen atoms in total. The maximum Gasteiger partial charge on any atom is 0.193 e. The van der Waals surface area contributed by atoms with Gasteiger partial charge in [-0.1, -0.05) is 0 Å². The van der Waals surface area contributed by atoms with Crippen LogP contribution in [0.4, 0.5) is 0 Å². The van der Waals surface area contributed by atoms with Gasteiger partial charge < -0.3 is 5.11 Å². The first-order chi connectivity index (χ1) is 7.69. The van der Waals surface area contributed by atoms with Crippen molar-refractivity contribution in [2.45, 2.75) is 23.7 Å². The van der Waals surface area contributed by atoms with E-state index in [-0.39, 0.29) is 6.61 Å². The predicted octanol–water partition coefficient (Wildman–Crippen LogP) is 1.16. The van der Waals surface area contributed by atoms with Crippen molar-refractivity contribution in [3.63, 3.8) is 0 Å². The predicted molar refractivity (Wildman–Crippen MR) is 60.0 cm³/mol. The lowest BCUT2D eigenvalue weighted by atomic mass is 10.4. The number of aromatic nitrogens is 4. The SMILES string of the molecule is Cc1cc(Sc2ncc(CO)cn2)n(C)n1. The molecule has 1 N–H and O–H groups in total. The fraction of sp³-hybridized carbons (Fsp3) is 0.300. The number of aliphatic hydroxyl groups is 1. The van der Waals surface area contributed by atoms with Crippen LogP contribution < -0.4 is 0 Å². The summed E-state index contributed by atoms with van der Waals surface area (Å²) in [4.78, 5) is 8.29. The number of aryl methyl sites for hydroxylation is 2. The Morgan fingerprint density at radius 1 is 1.38 bits per heavy atom. The number of nitrogens with zero attached hydrogens (tertiary/aromatic N) is 4. The van der Waals surface area contributed by atoms with Crippen molar-refractivity contribution in [2.24, 2.45) is 7.05 Å². The molecule has 0 saturated heterocycles. The van der Waals surface area contributed by atoms with Gasteiger partial charge in [0.25, 0.3) is 0 Å².